The van der Waals surface area contributed by atoms with E-state index in [1.165, 1.54) is 45.3 Å². The van der Waals surface area contributed by atoms with Crippen molar-refractivity contribution >= 4 is 6.03 Å². The van der Waals surface area contributed by atoms with E-state index in [1.807, 2.05) is 0 Å². The van der Waals surface area contributed by atoms with Gasteiger partial charge in [-0.15, -0.1) is 0 Å². The molecule has 152 valence electrons. The maximum absolute atomic E-state index is 12.4. The second-order valence-electron chi connectivity index (χ2n) is 9.08. The summed E-state index contributed by atoms with van der Waals surface area (Å²) in [5.41, 5.74) is 0. The molecule has 5 heteroatoms. The number of nitrogens with zero attached hydrogens (tertiary/aromatic N) is 2. The fraction of sp³-hybridized carbons (Fsp3) is 0.952. The first-order valence-electron chi connectivity index (χ1n) is 11.0. The standard InChI is InChI=1S/C21H42N4O/c1-17(2)16-24-13-9-19(10-14-24)23-21(26)22-15-20(18(3)4)25-11-7-5-6-8-12-25/h17-20H,5-16H2,1-4H3,(H2,22,23,26). The van der Waals surface area contributed by atoms with Crippen molar-refractivity contribution in [2.75, 3.05) is 39.3 Å². The number of hydrogen-bond donors (Lipinski definition) is 2. The highest BCUT2D eigenvalue weighted by Gasteiger charge is 2.24. The third kappa shape index (κ3) is 7.43. The zero-order chi connectivity index (χ0) is 18.9. The Balaban J connectivity index is 1.71. The highest BCUT2D eigenvalue weighted by atomic mass is 16.2. The molecule has 0 spiro atoms. The lowest BCUT2D eigenvalue weighted by molar-refractivity contribution is 0.154. The molecule has 26 heavy (non-hydrogen) atoms. The van der Waals surface area contributed by atoms with Crippen molar-refractivity contribution in [2.24, 2.45) is 11.8 Å². The Morgan fingerprint density at radius 3 is 2.12 bits per heavy atom. The van der Waals surface area contributed by atoms with Crippen LogP contribution in [0.4, 0.5) is 4.79 Å². The van der Waals surface area contributed by atoms with Gasteiger partial charge in [0.2, 0.25) is 0 Å². The second-order valence-corrected chi connectivity index (χ2v) is 9.08. The smallest absolute Gasteiger partial charge is 0.315 e. The summed E-state index contributed by atoms with van der Waals surface area (Å²) in [6, 6.07) is 0.800. The monoisotopic (exact) mass is 366 g/mol. The van der Waals surface area contributed by atoms with E-state index < -0.39 is 0 Å². The van der Waals surface area contributed by atoms with Crippen molar-refractivity contribution in [3.63, 3.8) is 0 Å². The van der Waals surface area contributed by atoms with Crippen LogP contribution in [0, 0.1) is 11.8 Å². The Labute approximate surface area is 161 Å². The molecule has 0 aromatic heterocycles. The number of rotatable bonds is 7. The molecule has 1 atom stereocenters. The predicted octanol–water partition coefficient (Wildman–Crippen LogP) is 3.31. The summed E-state index contributed by atoms with van der Waals surface area (Å²) < 4.78 is 0. The zero-order valence-electron chi connectivity index (χ0n) is 17.6. The SMILES string of the molecule is CC(C)CN1CCC(NC(=O)NCC(C(C)C)N2CCCCCC2)CC1. The third-order valence-corrected chi connectivity index (χ3v) is 5.90. The van der Waals surface area contributed by atoms with Gasteiger partial charge in [-0.25, -0.2) is 4.79 Å². The maximum Gasteiger partial charge on any atom is 0.315 e. The molecule has 2 rings (SSSR count). The van der Waals surface area contributed by atoms with Crippen LogP contribution in [0.1, 0.15) is 66.2 Å². The van der Waals surface area contributed by atoms with Gasteiger partial charge in [0.05, 0.1) is 0 Å². The summed E-state index contributed by atoms with van der Waals surface area (Å²) in [5.74, 6) is 1.28. The number of urea groups is 1. The number of piperidine rings is 1. The highest BCUT2D eigenvalue weighted by molar-refractivity contribution is 5.74. The molecule has 2 amide bonds. The highest BCUT2D eigenvalue weighted by Crippen LogP contribution is 2.17. The summed E-state index contributed by atoms with van der Waals surface area (Å²) in [6.07, 6.45) is 7.43. The average Bonchev–Trinajstić information content (AvgIpc) is 2.85. The minimum Gasteiger partial charge on any atom is -0.337 e. The Hall–Kier alpha value is -0.810. The number of amides is 2. The van der Waals surface area contributed by atoms with Gasteiger partial charge in [-0.3, -0.25) is 4.90 Å². The van der Waals surface area contributed by atoms with Gasteiger partial charge in [-0.1, -0.05) is 40.5 Å². The van der Waals surface area contributed by atoms with Crippen LogP contribution in [0.25, 0.3) is 0 Å². The lowest BCUT2D eigenvalue weighted by atomic mass is 10.0. The Kier molecular flexibility index (Phi) is 9.20. The fourth-order valence-electron chi connectivity index (χ4n) is 4.42. The van der Waals surface area contributed by atoms with E-state index in [-0.39, 0.29) is 6.03 Å². The van der Waals surface area contributed by atoms with Crippen molar-refractivity contribution in [3.8, 4) is 0 Å². The van der Waals surface area contributed by atoms with Gasteiger partial charge >= 0.3 is 6.03 Å². The zero-order valence-corrected chi connectivity index (χ0v) is 17.6. The van der Waals surface area contributed by atoms with Crippen molar-refractivity contribution in [3.05, 3.63) is 0 Å². The minimum atomic E-state index is 0.0211. The van der Waals surface area contributed by atoms with Crippen molar-refractivity contribution in [1.29, 1.82) is 0 Å². The second kappa shape index (κ2) is 11.1. The van der Waals surface area contributed by atoms with E-state index in [4.69, 9.17) is 0 Å². The molecule has 2 aliphatic rings. The summed E-state index contributed by atoms with van der Waals surface area (Å²) in [5, 5.41) is 6.37. The molecule has 0 aliphatic carbocycles. The Morgan fingerprint density at radius 1 is 0.962 bits per heavy atom. The molecule has 2 fully saturated rings. The van der Waals surface area contributed by atoms with Crippen LogP contribution in [0.15, 0.2) is 0 Å². The molecule has 0 aromatic rings. The topological polar surface area (TPSA) is 47.6 Å². The van der Waals surface area contributed by atoms with Crippen LogP contribution >= 0.6 is 0 Å². The van der Waals surface area contributed by atoms with Crippen LogP contribution in [-0.2, 0) is 0 Å². The van der Waals surface area contributed by atoms with Gasteiger partial charge in [0, 0.05) is 38.3 Å². The molecule has 0 radical (unpaired) electrons. The van der Waals surface area contributed by atoms with E-state index in [0.29, 0.717) is 18.0 Å². The first kappa shape index (κ1) is 21.5. The molecule has 2 N–H and O–H groups in total. The number of carbonyl (C=O) groups excluding carboxylic acids is 1. The minimum absolute atomic E-state index is 0.0211. The normalized spacial score (nSPS) is 22.4. The van der Waals surface area contributed by atoms with Gasteiger partial charge in [-0.2, -0.15) is 0 Å². The maximum atomic E-state index is 12.4. The molecular formula is C21H42N4O. The van der Waals surface area contributed by atoms with E-state index >= 15 is 0 Å². The van der Waals surface area contributed by atoms with Crippen LogP contribution in [0.5, 0.6) is 0 Å². The first-order chi connectivity index (χ1) is 12.5. The largest absolute Gasteiger partial charge is 0.337 e. The molecule has 0 saturated carbocycles. The number of nitrogens with one attached hydrogen (secondary N) is 2. The summed E-state index contributed by atoms with van der Waals surface area (Å²) in [4.78, 5) is 17.5. The van der Waals surface area contributed by atoms with E-state index in [1.54, 1.807) is 0 Å². The quantitative estimate of drug-likeness (QED) is 0.727. The van der Waals surface area contributed by atoms with Crippen LogP contribution < -0.4 is 10.6 Å². The molecule has 0 aromatic carbocycles. The lowest BCUT2D eigenvalue weighted by Gasteiger charge is -2.35. The van der Waals surface area contributed by atoms with E-state index in [2.05, 4.69) is 48.1 Å². The van der Waals surface area contributed by atoms with E-state index in [0.717, 1.165) is 38.4 Å². The molecule has 0 bridgehead atoms. The summed E-state index contributed by atoms with van der Waals surface area (Å²) >= 11 is 0. The van der Waals surface area contributed by atoms with Gasteiger partial charge in [-0.05, 0) is 50.6 Å². The summed E-state index contributed by atoms with van der Waals surface area (Å²) in [7, 11) is 0. The van der Waals surface area contributed by atoms with Gasteiger partial charge in [0.25, 0.3) is 0 Å². The van der Waals surface area contributed by atoms with E-state index in [9.17, 15) is 4.79 Å². The van der Waals surface area contributed by atoms with Gasteiger partial charge in [0.15, 0.2) is 0 Å². The molecule has 1 unspecified atom stereocenters. The average molecular weight is 367 g/mol. The third-order valence-electron chi connectivity index (χ3n) is 5.90. The molecule has 2 heterocycles. The number of hydrogen-bond acceptors (Lipinski definition) is 3. The Morgan fingerprint density at radius 2 is 1.58 bits per heavy atom. The van der Waals surface area contributed by atoms with Crippen LogP contribution in [0.3, 0.4) is 0 Å². The van der Waals surface area contributed by atoms with Crippen molar-refractivity contribution in [2.45, 2.75) is 78.3 Å². The van der Waals surface area contributed by atoms with Crippen LogP contribution in [-0.4, -0.2) is 67.2 Å². The van der Waals surface area contributed by atoms with Gasteiger partial charge in [0.1, 0.15) is 0 Å². The molecular weight excluding hydrogens is 324 g/mol. The molecule has 5 nitrogen and oxygen atoms in total. The number of carbonyl (C=O) groups is 1. The van der Waals surface area contributed by atoms with Gasteiger partial charge < -0.3 is 15.5 Å². The number of likely N-dealkylation sites (tertiary alicyclic amines) is 2. The van der Waals surface area contributed by atoms with Crippen molar-refractivity contribution in [1.82, 2.24) is 20.4 Å². The Bertz CT molecular complexity index is 397. The first-order valence-corrected chi connectivity index (χ1v) is 11.0. The predicted molar refractivity (Wildman–Crippen MR) is 110 cm³/mol. The van der Waals surface area contributed by atoms with Crippen molar-refractivity contribution < 1.29 is 4.79 Å². The molecule has 2 saturated heterocycles. The van der Waals surface area contributed by atoms with Crippen LogP contribution in [0.2, 0.25) is 0 Å². The lowest BCUT2D eigenvalue weighted by Crippen LogP contribution is -2.52. The fourth-order valence-corrected chi connectivity index (χ4v) is 4.42. The summed E-state index contributed by atoms with van der Waals surface area (Å²) in [6.45, 7) is 15.6. The molecule has 2 aliphatic heterocycles.